The Bertz CT molecular complexity index is 836. The molecule has 0 saturated heterocycles. The third-order valence-corrected chi connectivity index (χ3v) is 3.50. The minimum absolute atomic E-state index is 0.385. The van der Waals surface area contributed by atoms with E-state index < -0.39 is 0 Å². The van der Waals surface area contributed by atoms with Crippen LogP contribution >= 0.6 is 11.6 Å². The van der Waals surface area contributed by atoms with Crippen molar-refractivity contribution in [2.45, 2.75) is 6.92 Å². The van der Waals surface area contributed by atoms with Gasteiger partial charge in [-0.25, -0.2) is 15.0 Å². The lowest BCUT2D eigenvalue weighted by molar-refractivity contribution is 1.16. The van der Waals surface area contributed by atoms with Crippen LogP contribution in [0, 0.1) is 6.92 Å². The molecule has 1 aromatic carbocycles. The van der Waals surface area contributed by atoms with Crippen molar-refractivity contribution >= 4 is 40.4 Å². The summed E-state index contributed by atoms with van der Waals surface area (Å²) < 4.78 is 0. The minimum Gasteiger partial charge on any atom is -0.393 e. The first-order valence-electron chi connectivity index (χ1n) is 6.95. The summed E-state index contributed by atoms with van der Waals surface area (Å²) in [5.74, 6) is 1.62. The molecule has 2 aromatic heterocycles. The number of nitrogens with zero attached hydrogens (tertiary/aromatic N) is 3. The first-order valence-corrected chi connectivity index (χ1v) is 7.33. The van der Waals surface area contributed by atoms with Crippen LogP contribution in [0.3, 0.4) is 0 Å². The van der Waals surface area contributed by atoms with Gasteiger partial charge in [-0.1, -0.05) is 23.7 Å². The van der Waals surface area contributed by atoms with Crippen LogP contribution in [0.1, 0.15) is 5.56 Å². The standard InChI is InChI=1S/C16H15ClN6/c1-10-6-7-19-13(8-10)23-16-14(18)15(20-9-21-16)22-12-5-3-2-4-11(12)17/h2-9H,18H2,1H3,(H2,19,20,21,22,23). The van der Waals surface area contributed by atoms with Crippen molar-refractivity contribution in [2.24, 2.45) is 0 Å². The summed E-state index contributed by atoms with van der Waals surface area (Å²) in [5.41, 5.74) is 8.34. The zero-order chi connectivity index (χ0) is 16.2. The van der Waals surface area contributed by atoms with E-state index in [1.807, 2.05) is 37.3 Å². The molecule has 0 spiro atoms. The van der Waals surface area contributed by atoms with E-state index in [0.717, 1.165) is 11.3 Å². The van der Waals surface area contributed by atoms with E-state index in [1.165, 1.54) is 6.33 Å². The predicted molar refractivity (Wildman–Crippen MR) is 93.4 cm³/mol. The Morgan fingerprint density at radius 1 is 1.00 bits per heavy atom. The second-order valence-electron chi connectivity index (χ2n) is 4.93. The number of aromatic nitrogens is 3. The Kier molecular flexibility index (Phi) is 4.25. The Morgan fingerprint density at radius 2 is 1.74 bits per heavy atom. The fourth-order valence-electron chi connectivity index (χ4n) is 2.01. The molecule has 0 aliphatic carbocycles. The lowest BCUT2D eigenvalue weighted by Gasteiger charge is -2.13. The summed E-state index contributed by atoms with van der Waals surface area (Å²) in [4.78, 5) is 12.6. The average Bonchev–Trinajstić information content (AvgIpc) is 2.53. The largest absolute Gasteiger partial charge is 0.393 e. The van der Waals surface area contributed by atoms with Crippen LogP contribution in [-0.2, 0) is 0 Å². The molecule has 0 radical (unpaired) electrons. The maximum Gasteiger partial charge on any atom is 0.160 e. The molecule has 0 unspecified atom stereocenters. The number of nitrogens with one attached hydrogen (secondary N) is 2. The number of pyridine rings is 1. The topological polar surface area (TPSA) is 88.8 Å². The molecule has 0 aliphatic heterocycles. The van der Waals surface area contributed by atoms with Gasteiger partial charge < -0.3 is 16.4 Å². The van der Waals surface area contributed by atoms with Crippen LogP contribution in [0.2, 0.25) is 5.02 Å². The van der Waals surface area contributed by atoms with Crippen molar-refractivity contribution in [3.8, 4) is 0 Å². The van der Waals surface area contributed by atoms with Crippen LogP contribution < -0.4 is 16.4 Å². The SMILES string of the molecule is Cc1ccnc(Nc2ncnc(Nc3ccccc3Cl)c2N)c1. The molecule has 23 heavy (non-hydrogen) atoms. The number of aryl methyl sites for hydroxylation is 1. The van der Waals surface area contributed by atoms with Gasteiger partial charge in [0.1, 0.15) is 17.8 Å². The number of nitrogen functional groups attached to an aromatic ring is 1. The van der Waals surface area contributed by atoms with Gasteiger partial charge in [0.2, 0.25) is 0 Å². The highest BCUT2D eigenvalue weighted by Gasteiger charge is 2.10. The molecule has 0 atom stereocenters. The fraction of sp³-hybridized carbons (Fsp3) is 0.0625. The van der Waals surface area contributed by atoms with Gasteiger partial charge in [-0.2, -0.15) is 0 Å². The molecule has 0 aliphatic rings. The van der Waals surface area contributed by atoms with Crippen molar-refractivity contribution in [1.82, 2.24) is 15.0 Å². The summed E-state index contributed by atoms with van der Waals surface area (Å²) in [7, 11) is 0. The Hall–Kier alpha value is -2.86. The number of benzene rings is 1. The molecule has 0 bridgehead atoms. The van der Waals surface area contributed by atoms with Gasteiger partial charge in [0.25, 0.3) is 0 Å². The predicted octanol–water partition coefficient (Wildman–Crippen LogP) is 3.90. The number of hydrogen-bond acceptors (Lipinski definition) is 6. The monoisotopic (exact) mass is 326 g/mol. The molecule has 0 saturated carbocycles. The smallest absolute Gasteiger partial charge is 0.160 e. The Balaban J connectivity index is 1.88. The van der Waals surface area contributed by atoms with E-state index in [9.17, 15) is 0 Å². The van der Waals surface area contributed by atoms with Gasteiger partial charge >= 0.3 is 0 Å². The third kappa shape index (κ3) is 3.49. The molecule has 0 fully saturated rings. The van der Waals surface area contributed by atoms with Crippen molar-refractivity contribution in [1.29, 1.82) is 0 Å². The molecule has 4 N–H and O–H groups in total. The number of hydrogen-bond donors (Lipinski definition) is 3. The number of anilines is 5. The Morgan fingerprint density at radius 3 is 2.48 bits per heavy atom. The number of nitrogens with two attached hydrogens (primary N) is 1. The summed E-state index contributed by atoms with van der Waals surface area (Å²) in [5, 5.41) is 6.79. The van der Waals surface area contributed by atoms with Crippen LogP contribution in [0.25, 0.3) is 0 Å². The van der Waals surface area contributed by atoms with E-state index in [1.54, 1.807) is 12.3 Å². The zero-order valence-corrected chi connectivity index (χ0v) is 13.2. The first kappa shape index (κ1) is 15.1. The fourth-order valence-corrected chi connectivity index (χ4v) is 2.19. The van der Waals surface area contributed by atoms with E-state index >= 15 is 0 Å². The molecule has 0 amide bonds. The second-order valence-corrected chi connectivity index (χ2v) is 5.34. The van der Waals surface area contributed by atoms with Crippen molar-refractivity contribution < 1.29 is 0 Å². The summed E-state index contributed by atoms with van der Waals surface area (Å²) in [6, 6.07) is 11.2. The molecule has 116 valence electrons. The number of rotatable bonds is 4. The van der Waals surface area contributed by atoms with Gasteiger partial charge in [-0.15, -0.1) is 0 Å². The molecular formula is C16H15ClN6. The maximum absolute atomic E-state index is 6.15. The van der Waals surface area contributed by atoms with Crippen molar-refractivity contribution in [3.63, 3.8) is 0 Å². The van der Waals surface area contributed by atoms with Gasteiger partial charge in [0, 0.05) is 6.20 Å². The van der Waals surface area contributed by atoms with Gasteiger partial charge in [-0.3, -0.25) is 0 Å². The lowest BCUT2D eigenvalue weighted by atomic mass is 10.3. The third-order valence-electron chi connectivity index (χ3n) is 3.17. The highest BCUT2D eigenvalue weighted by atomic mass is 35.5. The lowest BCUT2D eigenvalue weighted by Crippen LogP contribution is -2.06. The van der Waals surface area contributed by atoms with Crippen LogP contribution in [0.4, 0.5) is 28.8 Å². The molecule has 7 heteroatoms. The number of para-hydroxylation sites is 1. The van der Waals surface area contributed by atoms with Crippen LogP contribution in [-0.4, -0.2) is 15.0 Å². The highest BCUT2D eigenvalue weighted by molar-refractivity contribution is 6.33. The average molecular weight is 327 g/mol. The number of halogens is 1. The normalized spacial score (nSPS) is 10.3. The van der Waals surface area contributed by atoms with Gasteiger partial charge in [0.05, 0.1) is 10.7 Å². The molecular weight excluding hydrogens is 312 g/mol. The maximum atomic E-state index is 6.15. The van der Waals surface area contributed by atoms with Gasteiger partial charge in [-0.05, 0) is 36.8 Å². The van der Waals surface area contributed by atoms with E-state index in [0.29, 0.717) is 28.2 Å². The molecule has 3 rings (SSSR count). The summed E-state index contributed by atoms with van der Waals surface area (Å²) in [6.45, 7) is 1.99. The molecule has 3 aromatic rings. The molecule has 6 nitrogen and oxygen atoms in total. The summed E-state index contributed by atoms with van der Waals surface area (Å²) in [6.07, 6.45) is 3.14. The Labute approximate surface area is 138 Å². The minimum atomic E-state index is 0.385. The molecule has 2 heterocycles. The second kappa shape index (κ2) is 6.50. The van der Waals surface area contributed by atoms with E-state index in [2.05, 4.69) is 25.6 Å². The summed E-state index contributed by atoms with van der Waals surface area (Å²) >= 11 is 6.14. The van der Waals surface area contributed by atoms with Crippen LogP contribution in [0.15, 0.2) is 48.9 Å². The van der Waals surface area contributed by atoms with Gasteiger partial charge in [0.15, 0.2) is 11.6 Å². The van der Waals surface area contributed by atoms with Crippen molar-refractivity contribution in [2.75, 3.05) is 16.4 Å². The van der Waals surface area contributed by atoms with Crippen molar-refractivity contribution in [3.05, 3.63) is 59.5 Å². The highest BCUT2D eigenvalue weighted by Crippen LogP contribution is 2.30. The van der Waals surface area contributed by atoms with Crippen LogP contribution in [0.5, 0.6) is 0 Å². The first-order chi connectivity index (χ1) is 11.1. The van der Waals surface area contributed by atoms with E-state index in [-0.39, 0.29) is 0 Å². The zero-order valence-electron chi connectivity index (χ0n) is 12.4. The van der Waals surface area contributed by atoms with E-state index in [4.69, 9.17) is 17.3 Å². The quantitative estimate of drug-likeness (QED) is 0.673.